The van der Waals surface area contributed by atoms with E-state index in [2.05, 4.69) is 12.2 Å². The number of unbranched alkanes of at least 4 members (excludes halogenated alkanes) is 3. The second-order valence-electron chi connectivity index (χ2n) is 4.38. The Hall–Kier alpha value is -0.130. The van der Waals surface area contributed by atoms with Gasteiger partial charge in [-0.05, 0) is 19.4 Å². The predicted octanol–water partition coefficient (Wildman–Crippen LogP) is 1.19. The van der Waals surface area contributed by atoms with Gasteiger partial charge in [-0.1, -0.05) is 26.2 Å². The van der Waals surface area contributed by atoms with Crippen LogP contribution in [0.5, 0.6) is 0 Å². The molecule has 0 aromatic heterocycles. The first-order valence-electron chi connectivity index (χ1n) is 6.35. The third kappa shape index (κ3) is 4.80. The van der Waals surface area contributed by atoms with Crippen molar-refractivity contribution in [3.8, 4) is 0 Å². The Morgan fingerprint density at radius 3 is 2.62 bits per heavy atom. The molecule has 0 unspecified atom stereocenters. The molecule has 0 atom stereocenters. The number of hydrogen-bond donors (Lipinski definition) is 1. The molecule has 5 heteroatoms. The fraction of sp³-hybridized carbons (Fsp3) is 1.00. The minimum atomic E-state index is -2.90. The summed E-state index contributed by atoms with van der Waals surface area (Å²) in [5.74, 6) is 0.337. The molecule has 0 amide bonds. The van der Waals surface area contributed by atoms with E-state index in [-0.39, 0.29) is 0 Å². The SMILES string of the molecule is CCCCCCNCCN1CCCS1(=O)=O. The van der Waals surface area contributed by atoms with Crippen LogP contribution in [0, 0.1) is 0 Å². The lowest BCUT2D eigenvalue weighted by molar-refractivity contribution is 0.432. The van der Waals surface area contributed by atoms with Crippen LogP contribution in [0.1, 0.15) is 39.0 Å². The monoisotopic (exact) mass is 248 g/mol. The molecule has 0 aliphatic carbocycles. The van der Waals surface area contributed by atoms with E-state index in [4.69, 9.17) is 0 Å². The van der Waals surface area contributed by atoms with Crippen LogP contribution >= 0.6 is 0 Å². The second-order valence-corrected chi connectivity index (χ2v) is 6.47. The van der Waals surface area contributed by atoms with Crippen molar-refractivity contribution in [1.29, 1.82) is 0 Å². The quantitative estimate of drug-likeness (QED) is 0.657. The van der Waals surface area contributed by atoms with Crippen molar-refractivity contribution in [2.24, 2.45) is 0 Å². The molecule has 16 heavy (non-hydrogen) atoms. The summed E-state index contributed by atoms with van der Waals surface area (Å²) in [5, 5.41) is 3.30. The van der Waals surface area contributed by atoms with Crippen molar-refractivity contribution < 1.29 is 8.42 Å². The van der Waals surface area contributed by atoms with Crippen molar-refractivity contribution in [1.82, 2.24) is 9.62 Å². The van der Waals surface area contributed by atoms with Crippen LogP contribution in [0.4, 0.5) is 0 Å². The Morgan fingerprint density at radius 1 is 1.19 bits per heavy atom. The molecule has 1 heterocycles. The largest absolute Gasteiger partial charge is 0.315 e. The van der Waals surface area contributed by atoms with Gasteiger partial charge in [-0.25, -0.2) is 12.7 Å². The van der Waals surface area contributed by atoms with Gasteiger partial charge in [0.2, 0.25) is 10.0 Å². The van der Waals surface area contributed by atoms with Crippen LogP contribution in [0.2, 0.25) is 0 Å². The zero-order valence-electron chi connectivity index (χ0n) is 10.2. The number of sulfonamides is 1. The molecule has 0 bridgehead atoms. The van der Waals surface area contributed by atoms with Gasteiger partial charge < -0.3 is 5.32 Å². The first-order chi connectivity index (χ1) is 7.67. The first-order valence-corrected chi connectivity index (χ1v) is 7.96. The highest BCUT2D eigenvalue weighted by atomic mass is 32.2. The third-order valence-electron chi connectivity index (χ3n) is 2.95. The average molecular weight is 248 g/mol. The van der Waals surface area contributed by atoms with Crippen LogP contribution in [0.15, 0.2) is 0 Å². The van der Waals surface area contributed by atoms with Gasteiger partial charge >= 0.3 is 0 Å². The summed E-state index contributed by atoms with van der Waals surface area (Å²) in [6.07, 6.45) is 5.80. The van der Waals surface area contributed by atoms with Crippen molar-refractivity contribution in [3.05, 3.63) is 0 Å². The first kappa shape index (κ1) is 13.9. The molecule has 0 aromatic rings. The van der Waals surface area contributed by atoms with E-state index >= 15 is 0 Å². The van der Waals surface area contributed by atoms with E-state index in [1.807, 2.05) is 0 Å². The van der Waals surface area contributed by atoms with Crippen molar-refractivity contribution in [2.45, 2.75) is 39.0 Å². The Morgan fingerprint density at radius 2 is 2.00 bits per heavy atom. The van der Waals surface area contributed by atoms with Gasteiger partial charge in [0.05, 0.1) is 5.75 Å². The van der Waals surface area contributed by atoms with Crippen LogP contribution in [0.25, 0.3) is 0 Å². The highest BCUT2D eigenvalue weighted by Gasteiger charge is 2.27. The summed E-state index contributed by atoms with van der Waals surface area (Å²) in [4.78, 5) is 0. The van der Waals surface area contributed by atoms with Crippen molar-refractivity contribution in [2.75, 3.05) is 31.9 Å². The third-order valence-corrected chi connectivity index (χ3v) is 4.90. The summed E-state index contributed by atoms with van der Waals surface area (Å²) in [6.45, 7) is 5.33. The molecule has 1 rings (SSSR count). The Bertz CT molecular complexity index is 278. The lowest BCUT2D eigenvalue weighted by atomic mass is 10.2. The number of rotatable bonds is 8. The van der Waals surface area contributed by atoms with Crippen LogP contribution in [0.3, 0.4) is 0 Å². The molecular weight excluding hydrogens is 224 g/mol. The normalized spacial score (nSPS) is 20.3. The maximum Gasteiger partial charge on any atom is 0.214 e. The molecule has 1 aliphatic heterocycles. The summed E-state index contributed by atoms with van der Waals surface area (Å²) in [7, 11) is -2.90. The van der Waals surface area contributed by atoms with Crippen LogP contribution in [-0.4, -0.2) is 44.7 Å². The molecule has 0 radical (unpaired) electrons. The maximum absolute atomic E-state index is 11.5. The summed E-state index contributed by atoms with van der Waals surface area (Å²) >= 11 is 0. The smallest absolute Gasteiger partial charge is 0.214 e. The minimum absolute atomic E-state index is 0.337. The van der Waals surface area contributed by atoms with Gasteiger partial charge in [0.15, 0.2) is 0 Å². The second kappa shape index (κ2) is 7.25. The van der Waals surface area contributed by atoms with E-state index < -0.39 is 10.0 Å². The van der Waals surface area contributed by atoms with Gasteiger partial charge in [0.25, 0.3) is 0 Å². The molecule has 1 saturated heterocycles. The van der Waals surface area contributed by atoms with Gasteiger partial charge in [-0.15, -0.1) is 0 Å². The molecule has 1 fully saturated rings. The fourth-order valence-electron chi connectivity index (χ4n) is 1.95. The van der Waals surface area contributed by atoms with Gasteiger partial charge in [-0.2, -0.15) is 0 Å². The average Bonchev–Trinajstić information content (AvgIpc) is 2.57. The van der Waals surface area contributed by atoms with Crippen molar-refractivity contribution >= 4 is 10.0 Å². The molecule has 0 aromatic carbocycles. The summed E-state index contributed by atoms with van der Waals surface area (Å²) in [5.41, 5.74) is 0. The lowest BCUT2D eigenvalue weighted by Crippen LogP contribution is -2.33. The molecule has 1 N–H and O–H groups in total. The zero-order valence-corrected chi connectivity index (χ0v) is 11.1. The van der Waals surface area contributed by atoms with E-state index in [1.54, 1.807) is 4.31 Å². The Labute approximate surface area is 99.5 Å². The molecule has 0 spiro atoms. The number of nitrogens with zero attached hydrogens (tertiary/aromatic N) is 1. The molecular formula is C11H24N2O2S. The standard InChI is InChI=1S/C11H24N2O2S/c1-2-3-4-5-7-12-8-10-13-9-6-11-16(13,14)15/h12H,2-11H2,1H3. The van der Waals surface area contributed by atoms with E-state index in [0.29, 0.717) is 18.8 Å². The molecule has 4 nitrogen and oxygen atoms in total. The lowest BCUT2D eigenvalue weighted by Gasteiger charge is -2.14. The fourth-order valence-corrected chi connectivity index (χ4v) is 3.48. The van der Waals surface area contributed by atoms with E-state index in [0.717, 1.165) is 19.5 Å². The van der Waals surface area contributed by atoms with Gasteiger partial charge in [0, 0.05) is 19.6 Å². The molecule has 0 saturated carbocycles. The van der Waals surface area contributed by atoms with Crippen LogP contribution < -0.4 is 5.32 Å². The maximum atomic E-state index is 11.5. The predicted molar refractivity (Wildman–Crippen MR) is 67.0 cm³/mol. The van der Waals surface area contributed by atoms with Gasteiger partial charge in [0.1, 0.15) is 0 Å². The Balaban J connectivity index is 1.99. The minimum Gasteiger partial charge on any atom is -0.315 e. The van der Waals surface area contributed by atoms with Gasteiger partial charge in [-0.3, -0.25) is 0 Å². The van der Waals surface area contributed by atoms with E-state index in [9.17, 15) is 8.42 Å². The summed E-state index contributed by atoms with van der Waals surface area (Å²) in [6, 6.07) is 0. The van der Waals surface area contributed by atoms with Crippen molar-refractivity contribution in [3.63, 3.8) is 0 Å². The Kier molecular flexibility index (Phi) is 6.31. The molecule has 1 aliphatic rings. The highest BCUT2D eigenvalue weighted by molar-refractivity contribution is 7.89. The number of hydrogen-bond acceptors (Lipinski definition) is 3. The molecule has 96 valence electrons. The van der Waals surface area contributed by atoms with Crippen LogP contribution in [-0.2, 0) is 10.0 Å². The highest BCUT2D eigenvalue weighted by Crippen LogP contribution is 2.11. The zero-order chi connectivity index (χ0) is 11.9. The topological polar surface area (TPSA) is 49.4 Å². The summed E-state index contributed by atoms with van der Waals surface area (Å²) < 4.78 is 24.5. The number of nitrogens with one attached hydrogen (secondary N) is 1. The van der Waals surface area contributed by atoms with E-state index in [1.165, 1.54) is 25.7 Å².